The first-order valence-corrected chi connectivity index (χ1v) is 7.67. The monoisotopic (exact) mass is 316 g/mol. The number of fused-ring (bicyclic) bond motifs is 1. The van der Waals surface area contributed by atoms with Crippen LogP contribution in [0.3, 0.4) is 0 Å². The van der Waals surface area contributed by atoms with Crippen LogP contribution in [0.1, 0.15) is 5.56 Å². The predicted octanol–water partition coefficient (Wildman–Crippen LogP) is 0.847. The van der Waals surface area contributed by atoms with Gasteiger partial charge in [0.1, 0.15) is 0 Å². The van der Waals surface area contributed by atoms with Crippen molar-refractivity contribution in [1.82, 2.24) is 20.1 Å². The van der Waals surface area contributed by atoms with Gasteiger partial charge in [-0.25, -0.2) is 0 Å². The Balaban J connectivity index is 1.75. The maximum atomic E-state index is 11.9. The van der Waals surface area contributed by atoms with Crippen molar-refractivity contribution in [2.75, 3.05) is 40.8 Å². The van der Waals surface area contributed by atoms with Crippen molar-refractivity contribution in [3.05, 3.63) is 36.0 Å². The molecule has 0 bridgehead atoms. The molecule has 0 saturated heterocycles. The summed E-state index contributed by atoms with van der Waals surface area (Å²) in [5.41, 5.74) is 2.30. The van der Waals surface area contributed by atoms with Gasteiger partial charge in [0.25, 0.3) is 0 Å². The molecule has 0 aliphatic carbocycles. The van der Waals surface area contributed by atoms with E-state index in [0.717, 1.165) is 11.9 Å². The van der Waals surface area contributed by atoms with E-state index in [1.807, 2.05) is 24.4 Å². The first kappa shape index (κ1) is 17.0. The number of para-hydroxylation sites is 1. The fourth-order valence-electron chi connectivity index (χ4n) is 2.40. The first-order valence-electron chi connectivity index (χ1n) is 7.67. The summed E-state index contributed by atoms with van der Waals surface area (Å²) in [6.07, 6.45) is 2.76. The molecule has 1 aromatic heterocycles. The van der Waals surface area contributed by atoms with E-state index in [-0.39, 0.29) is 24.9 Å². The molecule has 2 rings (SSSR count). The van der Waals surface area contributed by atoms with Crippen LogP contribution in [-0.4, -0.2) is 67.4 Å². The van der Waals surface area contributed by atoms with Crippen molar-refractivity contribution in [1.29, 1.82) is 0 Å². The summed E-state index contributed by atoms with van der Waals surface area (Å²) >= 11 is 0. The molecule has 0 fully saturated rings. The molecule has 2 aromatic rings. The normalized spacial score (nSPS) is 11.0. The van der Waals surface area contributed by atoms with E-state index in [1.54, 1.807) is 26.0 Å². The fraction of sp³-hybridized carbons (Fsp3) is 0.412. The number of aromatic nitrogens is 1. The third-order valence-corrected chi connectivity index (χ3v) is 3.71. The maximum absolute atomic E-state index is 11.9. The van der Waals surface area contributed by atoms with Crippen LogP contribution in [0, 0.1) is 0 Å². The number of rotatable bonds is 7. The van der Waals surface area contributed by atoms with Crippen LogP contribution in [0.2, 0.25) is 0 Å². The standard InChI is InChI=1S/C17H24N4O2/c1-20(2)17(23)12-21(3)11-16(22)18-9-8-13-10-19-15-7-5-4-6-14(13)15/h4-7,10,19H,8-9,11-12H2,1-3H3,(H,18,22). The number of carbonyl (C=O) groups is 2. The molecule has 0 radical (unpaired) electrons. The van der Waals surface area contributed by atoms with Crippen LogP contribution in [-0.2, 0) is 16.0 Å². The number of amides is 2. The number of likely N-dealkylation sites (N-methyl/N-ethyl adjacent to an activating group) is 2. The second-order valence-electron chi connectivity index (χ2n) is 5.92. The molecule has 2 N–H and O–H groups in total. The predicted molar refractivity (Wildman–Crippen MR) is 91.2 cm³/mol. The summed E-state index contributed by atoms with van der Waals surface area (Å²) < 4.78 is 0. The highest BCUT2D eigenvalue weighted by atomic mass is 16.2. The molecule has 124 valence electrons. The Kier molecular flexibility index (Phi) is 5.76. The van der Waals surface area contributed by atoms with Gasteiger partial charge in [0, 0.05) is 37.7 Å². The Bertz CT molecular complexity index is 678. The highest BCUT2D eigenvalue weighted by Crippen LogP contribution is 2.17. The Morgan fingerprint density at radius 2 is 1.87 bits per heavy atom. The SMILES string of the molecule is CN(CC(=O)NCCc1c[nH]c2ccccc12)CC(=O)N(C)C. The van der Waals surface area contributed by atoms with Crippen LogP contribution >= 0.6 is 0 Å². The molecule has 0 spiro atoms. The van der Waals surface area contributed by atoms with Gasteiger partial charge in [-0.15, -0.1) is 0 Å². The second kappa shape index (κ2) is 7.78. The van der Waals surface area contributed by atoms with Gasteiger partial charge in [0.05, 0.1) is 13.1 Å². The zero-order valence-corrected chi connectivity index (χ0v) is 13.9. The molecule has 0 aliphatic rings. The minimum atomic E-state index is -0.0705. The lowest BCUT2D eigenvalue weighted by atomic mass is 10.1. The summed E-state index contributed by atoms with van der Waals surface area (Å²) in [5, 5.41) is 4.09. The largest absolute Gasteiger partial charge is 0.361 e. The molecule has 0 saturated carbocycles. The van der Waals surface area contributed by atoms with E-state index in [4.69, 9.17) is 0 Å². The fourth-order valence-corrected chi connectivity index (χ4v) is 2.40. The second-order valence-corrected chi connectivity index (χ2v) is 5.92. The smallest absolute Gasteiger partial charge is 0.236 e. The molecule has 2 amide bonds. The van der Waals surface area contributed by atoms with Gasteiger partial charge in [-0.2, -0.15) is 0 Å². The third-order valence-electron chi connectivity index (χ3n) is 3.71. The van der Waals surface area contributed by atoms with E-state index < -0.39 is 0 Å². The van der Waals surface area contributed by atoms with Crippen molar-refractivity contribution in [3.63, 3.8) is 0 Å². The summed E-state index contributed by atoms with van der Waals surface area (Å²) in [5.74, 6) is -0.0852. The number of aromatic amines is 1. The molecule has 1 heterocycles. The minimum Gasteiger partial charge on any atom is -0.361 e. The van der Waals surface area contributed by atoms with Crippen LogP contribution in [0.4, 0.5) is 0 Å². The molecule has 0 atom stereocenters. The number of H-pyrrole nitrogens is 1. The molecule has 1 aromatic carbocycles. The number of carbonyl (C=O) groups excluding carboxylic acids is 2. The average Bonchev–Trinajstić information content (AvgIpc) is 2.90. The van der Waals surface area contributed by atoms with Crippen LogP contribution in [0.5, 0.6) is 0 Å². The summed E-state index contributed by atoms with van der Waals surface area (Å²) in [6, 6.07) is 8.11. The highest BCUT2D eigenvalue weighted by molar-refractivity contribution is 5.83. The summed E-state index contributed by atoms with van der Waals surface area (Å²) in [4.78, 5) is 29.9. The van der Waals surface area contributed by atoms with Gasteiger partial charge in [-0.3, -0.25) is 14.5 Å². The number of benzene rings is 1. The molecule has 6 heteroatoms. The van der Waals surface area contributed by atoms with Crippen molar-refractivity contribution >= 4 is 22.7 Å². The zero-order valence-electron chi connectivity index (χ0n) is 13.9. The molecular formula is C17H24N4O2. The molecule has 6 nitrogen and oxygen atoms in total. The Labute approximate surface area is 136 Å². The van der Waals surface area contributed by atoms with Gasteiger partial charge in [0.2, 0.25) is 11.8 Å². The van der Waals surface area contributed by atoms with E-state index in [2.05, 4.69) is 16.4 Å². The summed E-state index contributed by atoms with van der Waals surface area (Å²) in [7, 11) is 5.18. The van der Waals surface area contributed by atoms with Gasteiger partial charge in [0.15, 0.2) is 0 Å². The first-order chi connectivity index (χ1) is 11.0. The zero-order chi connectivity index (χ0) is 16.8. The Morgan fingerprint density at radius 1 is 1.13 bits per heavy atom. The topological polar surface area (TPSA) is 68.4 Å². The quantitative estimate of drug-likeness (QED) is 0.795. The van der Waals surface area contributed by atoms with E-state index in [9.17, 15) is 9.59 Å². The molecule has 23 heavy (non-hydrogen) atoms. The number of nitrogens with zero attached hydrogens (tertiary/aromatic N) is 2. The van der Waals surface area contributed by atoms with Crippen LogP contribution in [0.25, 0.3) is 10.9 Å². The minimum absolute atomic E-state index is 0.0147. The lowest BCUT2D eigenvalue weighted by Crippen LogP contribution is -2.40. The lowest BCUT2D eigenvalue weighted by molar-refractivity contribution is -0.130. The highest BCUT2D eigenvalue weighted by Gasteiger charge is 2.11. The number of nitrogens with one attached hydrogen (secondary N) is 2. The van der Waals surface area contributed by atoms with E-state index >= 15 is 0 Å². The molecule has 0 unspecified atom stereocenters. The van der Waals surface area contributed by atoms with Crippen LogP contribution < -0.4 is 5.32 Å². The average molecular weight is 316 g/mol. The van der Waals surface area contributed by atoms with Crippen molar-refractivity contribution < 1.29 is 9.59 Å². The van der Waals surface area contributed by atoms with E-state index in [1.165, 1.54) is 15.8 Å². The van der Waals surface area contributed by atoms with Crippen molar-refractivity contribution in [2.24, 2.45) is 0 Å². The number of hydrogen-bond donors (Lipinski definition) is 2. The third kappa shape index (κ3) is 4.82. The van der Waals surface area contributed by atoms with Gasteiger partial charge < -0.3 is 15.2 Å². The number of hydrogen-bond acceptors (Lipinski definition) is 3. The Morgan fingerprint density at radius 3 is 2.61 bits per heavy atom. The van der Waals surface area contributed by atoms with Gasteiger partial charge in [-0.05, 0) is 25.1 Å². The van der Waals surface area contributed by atoms with Gasteiger partial charge in [-0.1, -0.05) is 18.2 Å². The lowest BCUT2D eigenvalue weighted by Gasteiger charge is -2.18. The summed E-state index contributed by atoms with van der Waals surface area (Å²) in [6.45, 7) is 1.03. The van der Waals surface area contributed by atoms with Crippen molar-refractivity contribution in [3.8, 4) is 0 Å². The van der Waals surface area contributed by atoms with Gasteiger partial charge >= 0.3 is 0 Å². The van der Waals surface area contributed by atoms with Crippen molar-refractivity contribution in [2.45, 2.75) is 6.42 Å². The molecule has 0 aliphatic heterocycles. The maximum Gasteiger partial charge on any atom is 0.236 e. The Hall–Kier alpha value is -2.34. The molecular weight excluding hydrogens is 292 g/mol. The van der Waals surface area contributed by atoms with Crippen LogP contribution in [0.15, 0.2) is 30.5 Å². The van der Waals surface area contributed by atoms with E-state index in [0.29, 0.717) is 6.54 Å².